The van der Waals surface area contributed by atoms with E-state index < -0.39 is 0 Å². The van der Waals surface area contributed by atoms with Crippen LogP contribution in [-0.4, -0.2) is 43.2 Å². The second kappa shape index (κ2) is 9.72. The third kappa shape index (κ3) is 6.87. The van der Waals surface area contributed by atoms with Crippen molar-refractivity contribution in [3.63, 3.8) is 0 Å². The zero-order valence-corrected chi connectivity index (χ0v) is 13.4. The van der Waals surface area contributed by atoms with Crippen molar-refractivity contribution in [1.29, 1.82) is 0 Å². The van der Waals surface area contributed by atoms with Crippen LogP contribution >= 0.6 is 0 Å². The average molecular weight is 279 g/mol. The number of aromatic nitrogens is 1. The molecule has 0 radical (unpaired) electrons. The molecule has 0 saturated heterocycles. The maximum Gasteiger partial charge on any atom is 0.126 e. The van der Waals surface area contributed by atoms with Crippen molar-refractivity contribution >= 4 is 5.82 Å². The summed E-state index contributed by atoms with van der Waals surface area (Å²) in [7, 11) is 1.75. The highest BCUT2D eigenvalue weighted by Gasteiger charge is 2.09. The lowest BCUT2D eigenvalue weighted by molar-refractivity contribution is 0.135. The Morgan fingerprint density at radius 3 is 2.80 bits per heavy atom. The van der Waals surface area contributed by atoms with Crippen molar-refractivity contribution in [1.82, 2.24) is 9.88 Å². The van der Waals surface area contributed by atoms with Crippen molar-refractivity contribution in [3.05, 3.63) is 23.9 Å². The lowest BCUT2D eigenvalue weighted by atomic mass is 10.2. The highest BCUT2D eigenvalue weighted by atomic mass is 16.5. The number of hydrogen-bond donors (Lipinski definition) is 1. The van der Waals surface area contributed by atoms with Gasteiger partial charge in [0.15, 0.2) is 0 Å². The van der Waals surface area contributed by atoms with Gasteiger partial charge in [-0.3, -0.25) is 4.90 Å². The smallest absolute Gasteiger partial charge is 0.126 e. The molecule has 0 saturated carbocycles. The first kappa shape index (κ1) is 16.9. The van der Waals surface area contributed by atoms with E-state index in [1.165, 1.54) is 0 Å². The first-order valence-electron chi connectivity index (χ1n) is 7.56. The van der Waals surface area contributed by atoms with Crippen LogP contribution in [0.5, 0.6) is 0 Å². The van der Waals surface area contributed by atoms with Gasteiger partial charge in [0.05, 0.1) is 12.3 Å². The maximum atomic E-state index is 5.19. The summed E-state index contributed by atoms with van der Waals surface area (Å²) in [6, 6.07) is 6.20. The van der Waals surface area contributed by atoms with E-state index in [-0.39, 0.29) is 0 Å². The van der Waals surface area contributed by atoms with Gasteiger partial charge in [0.1, 0.15) is 5.82 Å². The predicted octanol–water partition coefficient (Wildman–Crippen LogP) is 3.01. The number of ether oxygens (including phenoxy) is 1. The van der Waals surface area contributed by atoms with Gasteiger partial charge in [-0.15, -0.1) is 0 Å². The number of methoxy groups -OCH3 is 1. The van der Waals surface area contributed by atoms with Crippen molar-refractivity contribution in [2.75, 3.05) is 38.7 Å². The molecule has 0 unspecified atom stereocenters. The summed E-state index contributed by atoms with van der Waals surface area (Å²) in [5.41, 5.74) is 1.11. The van der Waals surface area contributed by atoms with Gasteiger partial charge < -0.3 is 10.1 Å². The Morgan fingerprint density at radius 2 is 2.15 bits per heavy atom. The monoisotopic (exact) mass is 279 g/mol. The van der Waals surface area contributed by atoms with Crippen molar-refractivity contribution in [2.24, 2.45) is 5.92 Å². The highest BCUT2D eigenvalue weighted by Crippen LogP contribution is 2.09. The molecule has 0 aromatic carbocycles. The van der Waals surface area contributed by atoms with E-state index in [1.54, 1.807) is 7.11 Å². The van der Waals surface area contributed by atoms with Gasteiger partial charge >= 0.3 is 0 Å². The van der Waals surface area contributed by atoms with Crippen LogP contribution in [0.1, 0.15) is 32.9 Å². The topological polar surface area (TPSA) is 37.4 Å². The van der Waals surface area contributed by atoms with E-state index >= 15 is 0 Å². The van der Waals surface area contributed by atoms with Gasteiger partial charge in [-0.05, 0) is 24.5 Å². The lowest BCUT2D eigenvalue weighted by Gasteiger charge is -2.23. The molecule has 0 bridgehead atoms. The third-order valence-electron chi connectivity index (χ3n) is 2.98. The fourth-order valence-corrected chi connectivity index (χ4v) is 2.12. The Balaban J connectivity index is 2.61. The zero-order chi connectivity index (χ0) is 14.8. The number of nitrogens with one attached hydrogen (secondary N) is 1. The Hall–Kier alpha value is -1.13. The SMILES string of the molecule is CCCNc1cccc(CN(CCOC)CC(C)C)n1. The van der Waals surface area contributed by atoms with Crippen molar-refractivity contribution in [2.45, 2.75) is 33.7 Å². The van der Waals surface area contributed by atoms with E-state index in [0.717, 1.165) is 50.7 Å². The second-order valence-electron chi connectivity index (χ2n) is 5.56. The molecule has 0 fully saturated rings. The number of rotatable bonds is 10. The molecule has 0 atom stereocenters. The maximum absolute atomic E-state index is 5.19. The van der Waals surface area contributed by atoms with Crippen molar-refractivity contribution < 1.29 is 4.74 Å². The molecule has 0 spiro atoms. The van der Waals surface area contributed by atoms with Gasteiger partial charge in [0, 0.05) is 33.3 Å². The second-order valence-corrected chi connectivity index (χ2v) is 5.56. The normalized spacial score (nSPS) is 11.3. The molecule has 1 N–H and O–H groups in total. The highest BCUT2D eigenvalue weighted by molar-refractivity contribution is 5.35. The van der Waals surface area contributed by atoms with Crippen molar-refractivity contribution in [3.8, 4) is 0 Å². The largest absolute Gasteiger partial charge is 0.383 e. The minimum absolute atomic E-state index is 0.647. The van der Waals surface area contributed by atoms with Crippen LogP contribution in [0, 0.1) is 5.92 Å². The minimum Gasteiger partial charge on any atom is -0.383 e. The number of hydrogen-bond acceptors (Lipinski definition) is 4. The van der Waals surface area contributed by atoms with Gasteiger partial charge in [-0.1, -0.05) is 26.8 Å². The summed E-state index contributed by atoms with van der Waals surface area (Å²) < 4.78 is 5.19. The van der Waals surface area contributed by atoms with Crippen LogP contribution in [-0.2, 0) is 11.3 Å². The molecular weight excluding hydrogens is 250 g/mol. The molecule has 4 heteroatoms. The molecule has 1 rings (SSSR count). The van der Waals surface area contributed by atoms with Gasteiger partial charge in [-0.25, -0.2) is 4.98 Å². The van der Waals surface area contributed by atoms with Crippen LogP contribution in [0.4, 0.5) is 5.82 Å². The van der Waals surface area contributed by atoms with E-state index in [0.29, 0.717) is 5.92 Å². The molecule has 0 aliphatic heterocycles. The van der Waals surface area contributed by atoms with Crippen LogP contribution in [0.25, 0.3) is 0 Å². The molecular formula is C16H29N3O. The first-order valence-corrected chi connectivity index (χ1v) is 7.56. The minimum atomic E-state index is 0.647. The zero-order valence-electron chi connectivity index (χ0n) is 13.4. The lowest BCUT2D eigenvalue weighted by Crippen LogP contribution is -2.31. The van der Waals surface area contributed by atoms with E-state index in [1.807, 2.05) is 6.07 Å². The van der Waals surface area contributed by atoms with Gasteiger partial charge in [0.2, 0.25) is 0 Å². The Bertz CT molecular complexity index is 368. The Morgan fingerprint density at radius 1 is 1.35 bits per heavy atom. The fourth-order valence-electron chi connectivity index (χ4n) is 2.12. The summed E-state index contributed by atoms with van der Waals surface area (Å²) >= 11 is 0. The standard InChI is InChI=1S/C16H29N3O/c1-5-9-17-16-8-6-7-15(18-16)13-19(10-11-20-4)12-14(2)3/h6-8,14H,5,9-13H2,1-4H3,(H,17,18). The van der Waals surface area contributed by atoms with Gasteiger partial charge in [-0.2, -0.15) is 0 Å². The van der Waals surface area contributed by atoms with Crippen LogP contribution in [0.15, 0.2) is 18.2 Å². The van der Waals surface area contributed by atoms with E-state index in [4.69, 9.17) is 4.74 Å². The summed E-state index contributed by atoms with van der Waals surface area (Å²) in [5.74, 6) is 1.62. The molecule has 1 aromatic heterocycles. The number of nitrogens with zero attached hydrogens (tertiary/aromatic N) is 2. The average Bonchev–Trinajstić information content (AvgIpc) is 2.42. The molecule has 0 amide bonds. The molecule has 1 aromatic rings. The third-order valence-corrected chi connectivity index (χ3v) is 2.98. The molecule has 4 nitrogen and oxygen atoms in total. The quantitative estimate of drug-likeness (QED) is 0.714. The summed E-state index contributed by atoms with van der Waals surface area (Å²) in [6.07, 6.45) is 1.11. The molecule has 20 heavy (non-hydrogen) atoms. The predicted molar refractivity (Wildman–Crippen MR) is 85.0 cm³/mol. The fraction of sp³-hybridized carbons (Fsp3) is 0.688. The summed E-state index contributed by atoms with van der Waals surface area (Å²) in [5, 5.41) is 3.34. The Labute approximate surface area is 123 Å². The number of pyridine rings is 1. The van der Waals surface area contributed by atoms with Crippen LogP contribution in [0.3, 0.4) is 0 Å². The summed E-state index contributed by atoms with van der Waals surface area (Å²) in [4.78, 5) is 7.07. The molecule has 114 valence electrons. The first-order chi connectivity index (χ1) is 9.65. The van der Waals surface area contributed by atoms with E-state index in [9.17, 15) is 0 Å². The van der Waals surface area contributed by atoms with Gasteiger partial charge in [0.25, 0.3) is 0 Å². The number of anilines is 1. The molecule has 1 heterocycles. The molecule has 0 aliphatic carbocycles. The Kier molecular flexibility index (Phi) is 8.23. The molecule has 0 aliphatic rings. The van der Waals surface area contributed by atoms with Crippen LogP contribution < -0.4 is 5.32 Å². The van der Waals surface area contributed by atoms with Crippen LogP contribution in [0.2, 0.25) is 0 Å². The summed E-state index contributed by atoms with van der Waals surface area (Å²) in [6.45, 7) is 11.3. The van der Waals surface area contributed by atoms with E-state index in [2.05, 4.69) is 48.1 Å².